The van der Waals surface area contributed by atoms with E-state index in [-0.39, 0.29) is 24.9 Å². The molecule has 3 N–H and O–H groups in total. The Kier molecular flexibility index (Phi) is 6.17. The van der Waals surface area contributed by atoms with E-state index in [1.54, 1.807) is 12.1 Å². The van der Waals surface area contributed by atoms with Crippen molar-refractivity contribution in [3.8, 4) is 0 Å². The Morgan fingerprint density at radius 3 is 2.40 bits per heavy atom. The number of anilines is 2. The lowest BCUT2D eigenvalue weighted by atomic mass is 10.1. The monoisotopic (exact) mass is 427 g/mol. The van der Waals surface area contributed by atoms with Gasteiger partial charge in [-0.25, -0.2) is 4.79 Å². The molecule has 0 aromatic heterocycles. The second-order valence-corrected chi connectivity index (χ2v) is 8.02. The molecule has 2 aromatic carbocycles. The summed E-state index contributed by atoms with van der Waals surface area (Å²) in [5.74, 6) is 0. The highest BCUT2D eigenvalue weighted by atomic mass is 32.1. The van der Waals surface area contributed by atoms with Crippen molar-refractivity contribution in [2.75, 3.05) is 23.8 Å². The molecule has 1 amide bonds. The third kappa shape index (κ3) is 4.89. The molecule has 30 heavy (non-hydrogen) atoms. The van der Waals surface area contributed by atoms with Gasteiger partial charge in [0.05, 0.1) is 19.3 Å². The number of thiocarbonyl (C=S) groups is 1. The van der Waals surface area contributed by atoms with E-state index >= 15 is 0 Å². The second kappa shape index (κ2) is 8.99. The van der Waals surface area contributed by atoms with Gasteiger partial charge >= 0.3 is 6.09 Å². The van der Waals surface area contributed by atoms with Crippen LogP contribution < -0.4 is 16.0 Å². The molecule has 8 heteroatoms. The first-order valence-corrected chi connectivity index (χ1v) is 10.3. The Morgan fingerprint density at radius 2 is 1.67 bits per heavy atom. The predicted octanol–water partition coefficient (Wildman–Crippen LogP) is 3.37. The van der Waals surface area contributed by atoms with Gasteiger partial charge in [0.2, 0.25) is 0 Å². The van der Waals surface area contributed by atoms with Crippen LogP contribution in [0.5, 0.6) is 0 Å². The first-order valence-electron chi connectivity index (χ1n) is 9.89. The van der Waals surface area contributed by atoms with Crippen LogP contribution in [0.3, 0.4) is 0 Å². The largest absolute Gasteiger partial charge is 0.441 e. The summed E-state index contributed by atoms with van der Waals surface area (Å²) < 4.78 is 17.3. The molecule has 2 aromatic rings. The molecule has 0 unspecified atom stereocenters. The zero-order chi connectivity index (χ0) is 21.1. The molecule has 158 valence electrons. The fourth-order valence-corrected chi connectivity index (χ4v) is 4.15. The smallest absolute Gasteiger partial charge is 0.412 e. The Bertz CT molecular complexity index is 904. The molecule has 0 saturated carbocycles. The number of rotatable bonds is 4. The third-order valence-corrected chi connectivity index (χ3v) is 5.30. The van der Waals surface area contributed by atoms with Gasteiger partial charge in [0.25, 0.3) is 0 Å². The van der Waals surface area contributed by atoms with Crippen LogP contribution in [-0.2, 0) is 14.2 Å². The number of aryl methyl sites for hydroxylation is 2. The summed E-state index contributed by atoms with van der Waals surface area (Å²) in [7, 11) is 0. The van der Waals surface area contributed by atoms with E-state index in [2.05, 4.69) is 22.0 Å². The molecule has 2 heterocycles. The number of amides is 1. The minimum atomic E-state index is -0.525. The second-order valence-electron chi connectivity index (χ2n) is 7.61. The molecule has 2 aliphatic heterocycles. The summed E-state index contributed by atoms with van der Waals surface area (Å²) in [6.07, 6.45) is -1.56. The normalized spacial score (nSPS) is 24.7. The molecule has 0 spiro atoms. The highest BCUT2D eigenvalue weighted by molar-refractivity contribution is 7.80. The van der Waals surface area contributed by atoms with Gasteiger partial charge in [-0.05, 0) is 61.5 Å². The SMILES string of the molecule is Cc1cc(C)cc(NC(=S)N[C@@H]2CO[C@@H]3[C@@H]2OC[C@H]3OC(=O)Nc2ccccc2)c1. The van der Waals surface area contributed by atoms with Gasteiger partial charge in [0, 0.05) is 11.4 Å². The highest BCUT2D eigenvalue weighted by Gasteiger charge is 2.49. The molecule has 2 fully saturated rings. The summed E-state index contributed by atoms with van der Waals surface area (Å²) in [4.78, 5) is 12.2. The van der Waals surface area contributed by atoms with Crippen LogP contribution in [-0.4, -0.2) is 48.8 Å². The standard InChI is InChI=1S/C22H25N3O4S/c1-13-8-14(2)10-16(9-13)23-21(30)25-17-11-27-20-18(12-28-19(17)20)29-22(26)24-15-6-4-3-5-7-15/h3-10,17-20H,11-12H2,1-2H3,(H,24,26)(H2,23,25,30)/t17-,18-,19-,20+/m1/s1. The minimum Gasteiger partial charge on any atom is -0.441 e. The van der Waals surface area contributed by atoms with Crippen LogP contribution in [0, 0.1) is 13.8 Å². The summed E-state index contributed by atoms with van der Waals surface area (Å²) in [5, 5.41) is 9.69. The molecule has 2 aliphatic rings. The van der Waals surface area contributed by atoms with E-state index in [1.165, 1.54) is 0 Å². The molecular formula is C22H25N3O4S. The highest BCUT2D eigenvalue weighted by Crippen LogP contribution is 2.29. The van der Waals surface area contributed by atoms with Crippen molar-refractivity contribution in [2.24, 2.45) is 0 Å². The van der Waals surface area contributed by atoms with Gasteiger partial charge in [-0.2, -0.15) is 0 Å². The number of ether oxygens (including phenoxy) is 3. The number of hydrogen-bond acceptors (Lipinski definition) is 5. The summed E-state index contributed by atoms with van der Waals surface area (Å²) in [5.41, 5.74) is 3.94. The molecule has 7 nitrogen and oxygen atoms in total. The van der Waals surface area contributed by atoms with Crippen molar-refractivity contribution in [1.82, 2.24) is 5.32 Å². The minimum absolute atomic E-state index is 0.119. The quantitative estimate of drug-likeness (QED) is 0.646. The van der Waals surface area contributed by atoms with Crippen LogP contribution in [0.25, 0.3) is 0 Å². The fourth-order valence-electron chi connectivity index (χ4n) is 3.88. The average Bonchev–Trinajstić information content (AvgIpc) is 3.25. The zero-order valence-electron chi connectivity index (χ0n) is 16.9. The van der Waals surface area contributed by atoms with Gasteiger partial charge in [0.1, 0.15) is 12.2 Å². The maximum Gasteiger partial charge on any atom is 0.412 e. The van der Waals surface area contributed by atoms with E-state index in [4.69, 9.17) is 26.4 Å². The summed E-state index contributed by atoms with van der Waals surface area (Å²) >= 11 is 5.46. The fraction of sp³-hybridized carbons (Fsp3) is 0.364. The number of carbonyl (C=O) groups excluding carboxylic acids is 1. The van der Waals surface area contributed by atoms with Crippen molar-refractivity contribution in [3.05, 3.63) is 59.7 Å². The van der Waals surface area contributed by atoms with E-state index in [9.17, 15) is 4.79 Å². The molecule has 4 rings (SSSR count). The van der Waals surface area contributed by atoms with E-state index in [0.29, 0.717) is 17.4 Å². The van der Waals surface area contributed by atoms with Crippen LogP contribution in [0.1, 0.15) is 11.1 Å². The number of hydrogen-bond donors (Lipinski definition) is 3. The van der Waals surface area contributed by atoms with E-state index in [1.807, 2.05) is 44.2 Å². The Labute approximate surface area is 181 Å². The molecule has 0 aliphatic carbocycles. The summed E-state index contributed by atoms with van der Waals surface area (Å²) in [6.45, 7) is 4.80. The number of carbonyl (C=O) groups is 1. The number of benzene rings is 2. The van der Waals surface area contributed by atoms with Crippen LogP contribution >= 0.6 is 12.2 Å². The van der Waals surface area contributed by atoms with Gasteiger partial charge in [-0.15, -0.1) is 0 Å². The zero-order valence-corrected chi connectivity index (χ0v) is 17.7. The maximum atomic E-state index is 12.2. The predicted molar refractivity (Wildman–Crippen MR) is 119 cm³/mol. The Balaban J connectivity index is 1.29. The molecule has 0 bridgehead atoms. The molecular weight excluding hydrogens is 402 g/mol. The van der Waals surface area contributed by atoms with Gasteiger partial charge in [-0.3, -0.25) is 5.32 Å². The van der Waals surface area contributed by atoms with Crippen LogP contribution in [0.4, 0.5) is 16.2 Å². The van der Waals surface area contributed by atoms with E-state index < -0.39 is 12.2 Å². The lowest BCUT2D eigenvalue weighted by molar-refractivity contribution is 0.00880. The Morgan fingerprint density at radius 1 is 0.967 bits per heavy atom. The molecule has 2 saturated heterocycles. The van der Waals surface area contributed by atoms with Crippen molar-refractivity contribution in [3.63, 3.8) is 0 Å². The molecule has 4 atom stereocenters. The first-order chi connectivity index (χ1) is 14.5. The number of nitrogens with one attached hydrogen (secondary N) is 3. The first kappa shape index (κ1) is 20.6. The third-order valence-electron chi connectivity index (χ3n) is 5.08. The van der Waals surface area contributed by atoms with Crippen molar-refractivity contribution < 1.29 is 19.0 Å². The topological polar surface area (TPSA) is 80.8 Å². The lowest BCUT2D eigenvalue weighted by Gasteiger charge is -2.20. The van der Waals surface area contributed by atoms with Crippen LogP contribution in [0.2, 0.25) is 0 Å². The van der Waals surface area contributed by atoms with Gasteiger partial charge in [0.15, 0.2) is 11.2 Å². The lowest BCUT2D eigenvalue weighted by Crippen LogP contribution is -2.46. The summed E-state index contributed by atoms with van der Waals surface area (Å²) in [6, 6.07) is 15.2. The number of para-hydroxylation sites is 1. The number of fused-ring (bicyclic) bond motifs is 1. The maximum absolute atomic E-state index is 12.2. The average molecular weight is 428 g/mol. The molecule has 0 radical (unpaired) electrons. The van der Waals surface area contributed by atoms with Crippen molar-refractivity contribution in [2.45, 2.75) is 38.2 Å². The van der Waals surface area contributed by atoms with Gasteiger partial charge in [-0.1, -0.05) is 24.3 Å². The van der Waals surface area contributed by atoms with Crippen molar-refractivity contribution >= 4 is 34.8 Å². The van der Waals surface area contributed by atoms with E-state index in [0.717, 1.165) is 16.8 Å². The van der Waals surface area contributed by atoms with Crippen LogP contribution in [0.15, 0.2) is 48.5 Å². The van der Waals surface area contributed by atoms with Gasteiger partial charge < -0.3 is 24.8 Å². The van der Waals surface area contributed by atoms with Crippen molar-refractivity contribution in [1.29, 1.82) is 0 Å². The Hall–Kier alpha value is -2.68.